The van der Waals surface area contributed by atoms with Crippen molar-refractivity contribution < 1.29 is 9.13 Å². The second-order valence-electron chi connectivity index (χ2n) is 8.32. The van der Waals surface area contributed by atoms with Crippen molar-refractivity contribution in [1.29, 1.82) is 0 Å². The van der Waals surface area contributed by atoms with Crippen LogP contribution in [0.1, 0.15) is 24.0 Å². The van der Waals surface area contributed by atoms with Crippen molar-refractivity contribution in [2.24, 2.45) is 5.10 Å². The molecule has 1 aliphatic heterocycles. The molecule has 1 saturated heterocycles. The number of hydrogen-bond donors (Lipinski definition) is 2. The van der Waals surface area contributed by atoms with Gasteiger partial charge in [-0.25, -0.2) is 9.82 Å². The predicted octanol–water partition coefficient (Wildman–Crippen LogP) is 5.38. The number of para-hydroxylation sites is 1. The number of anilines is 4. The van der Waals surface area contributed by atoms with E-state index in [2.05, 4.69) is 35.7 Å². The SMILES string of the molecule is Fc1ccc(COc2ccc(/C=N\Nc3nc(Nc4ccccc4)nc(N4CCCC4)n3)cc2)cc1. The van der Waals surface area contributed by atoms with Gasteiger partial charge >= 0.3 is 0 Å². The first kappa shape index (κ1) is 23.2. The fourth-order valence-electron chi connectivity index (χ4n) is 3.74. The number of benzene rings is 3. The molecular weight excluding hydrogens is 457 g/mol. The third kappa shape index (κ3) is 6.32. The van der Waals surface area contributed by atoms with Crippen LogP contribution in [0.25, 0.3) is 0 Å². The number of halogens is 1. The molecule has 1 fully saturated rings. The molecule has 182 valence electrons. The van der Waals surface area contributed by atoms with E-state index in [4.69, 9.17) is 4.74 Å². The molecular formula is C27H26FN7O. The van der Waals surface area contributed by atoms with Crippen molar-refractivity contribution in [3.63, 3.8) is 0 Å². The summed E-state index contributed by atoms with van der Waals surface area (Å²) in [6.07, 6.45) is 3.93. The molecule has 8 nitrogen and oxygen atoms in total. The molecule has 0 aliphatic carbocycles. The molecule has 1 aromatic heterocycles. The number of nitrogens with one attached hydrogen (secondary N) is 2. The Kier molecular flexibility index (Phi) is 7.27. The number of aromatic nitrogens is 3. The Bertz CT molecular complexity index is 1290. The first-order valence-electron chi connectivity index (χ1n) is 11.8. The second kappa shape index (κ2) is 11.3. The van der Waals surface area contributed by atoms with Crippen LogP contribution in [-0.2, 0) is 6.61 Å². The molecule has 0 bridgehead atoms. The molecule has 4 aromatic rings. The van der Waals surface area contributed by atoms with E-state index < -0.39 is 0 Å². The summed E-state index contributed by atoms with van der Waals surface area (Å²) in [6.45, 7) is 2.22. The molecule has 0 unspecified atom stereocenters. The van der Waals surface area contributed by atoms with Gasteiger partial charge in [-0.15, -0.1) is 0 Å². The van der Waals surface area contributed by atoms with Gasteiger partial charge in [-0.05, 0) is 72.5 Å². The number of ether oxygens (including phenoxy) is 1. The van der Waals surface area contributed by atoms with Crippen molar-refractivity contribution in [1.82, 2.24) is 15.0 Å². The van der Waals surface area contributed by atoms with Crippen molar-refractivity contribution in [2.75, 3.05) is 28.7 Å². The Morgan fingerprint density at radius 2 is 1.58 bits per heavy atom. The summed E-state index contributed by atoms with van der Waals surface area (Å²) in [6, 6.07) is 23.6. The van der Waals surface area contributed by atoms with E-state index in [9.17, 15) is 4.39 Å². The van der Waals surface area contributed by atoms with Gasteiger partial charge in [0, 0.05) is 18.8 Å². The van der Waals surface area contributed by atoms with Crippen LogP contribution in [0.5, 0.6) is 5.75 Å². The van der Waals surface area contributed by atoms with Gasteiger partial charge in [-0.3, -0.25) is 0 Å². The molecule has 0 radical (unpaired) electrons. The molecule has 1 aliphatic rings. The van der Waals surface area contributed by atoms with Crippen LogP contribution < -0.4 is 20.4 Å². The summed E-state index contributed by atoms with van der Waals surface area (Å²) in [7, 11) is 0. The van der Waals surface area contributed by atoms with Gasteiger partial charge in [0.05, 0.1) is 6.21 Å². The molecule has 0 atom stereocenters. The standard InChI is InChI=1S/C27H26FN7O/c28-22-12-8-21(9-13-22)19-36-24-14-10-20(11-15-24)18-29-34-26-31-25(30-23-6-2-1-3-7-23)32-27(33-26)35-16-4-5-17-35/h1-3,6-15,18H,4-5,16-17,19H2,(H2,30,31,32,33,34)/b29-18-. The largest absolute Gasteiger partial charge is 0.489 e. The molecule has 2 N–H and O–H groups in total. The van der Waals surface area contributed by atoms with E-state index >= 15 is 0 Å². The lowest BCUT2D eigenvalue weighted by molar-refractivity contribution is 0.306. The summed E-state index contributed by atoms with van der Waals surface area (Å²) >= 11 is 0. The van der Waals surface area contributed by atoms with Crippen LogP contribution in [0.4, 0.5) is 27.9 Å². The maximum absolute atomic E-state index is 13.0. The normalized spacial score (nSPS) is 13.2. The fraction of sp³-hybridized carbons (Fsp3) is 0.185. The zero-order chi connectivity index (χ0) is 24.6. The van der Waals surface area contributed by atoms with Crippen LogP contribution in [0.3, 0.4) is 0 Å². The number of rotatable bonds is 9. The maximum atomic E-state index is 13.0. The molecule has 0 saturated carbocycles. The first-order chi connectivity index (χ1) is 17.7. The molecule has 0 spiro atoms. The summed E-state index contributed by atoms with van der Waals surface area (Å²) in [5.74, 6) is 1.90. The smallest absolute Gasteiger partial charge is 0.250 e. The van der Waals surface area contributed by atoms with Crippen molar-refractivity contribution in [2.45, 2.75) is 19.4 Å². The van der Waals surface area contributed by atoms with E-state index in [0.29, 0.717) is 30.2 Å². The van der Waals surface area contributed by atoms with E-state index in [0.717, 1.165) is 42.7 Å². The average molecular weight is 484 g/mol. The maximum Gasteiger partial charge on any atom is 0.250 e. The first-order valence-corrected chi connectivity index (χ1v) is 11.8. The minimum absolute atomic E-state index is 0.260. The Balaban J connectivity index is 1.23. The minimum Gasteiger partial charge on any atom is -0.489 e. The summed E-state index contributed by atoms with van der Waals surface area (Å²) < 4.78 is 18.8. The van der Waals surface area contributed by atoms with Crippen molar-refractivity contribution in [3.8, 4) is 5.75 Å². The predicted molar refractivity (Wildman–Crippen MR) is 139 cm³/mol. The monoisotopic (exact) mass is 483 g/mol. The van der Waals surface area contributed by atoms with Gasteiger partial charge in [0.2, 0.25) is 17.8 Å². The van der Waals surface area contributed by atoms with Crippen molar-refractivity contribution >= 4 is 29.7 Å². The van der Waals surface area contributed by atoms with Crippen LogP contribution >= 0.6 is 0 Å². The van der Waals surface area contributed by atoms with Crippen molar-refractivity contribution in [3.05, 3.63) is 95.8 Å². The van der Waals surface area contributed by atoms with Gasteiger partial charge < -0.3 is 15.0 Å². The van der Waals surface area contributed by atoms with Gasteiger partial charge in [0.25, 0.3) is 0 Å². The molecule has 9 heteroatoms. The highest BCUT2D eigenvalue weighted by Gasteiger charge is 2.17. The number of nitrogens with zero attached hydrogens (tertiary/aromatic N) is 5. The molecule has 2 heterocycles. The quantitative estimate of drug-likeness (QED) is 0.244. The Labute approximate surface area is 208 Å². The van der Waals surface area contributed by atoms with Crippen LogP contribution in [0.2, 0.25) is 0 Å². The van der Waals surface area contributed by atoms with Gasteiger partial charge in [-0.1, -0.05) is 30.3 Å². The lowest BCUT2D eigenvalue weighted by atomic mass is 10.2. The van der Waals surface area contributed by atoms with E-state index in [1.54, 1.807) is 18.3 Å². The molecule has 36 heavy (non-hydrogen) atoms. The average Bonchev–Trinajstić information content (AvgIpc) is 3.45. The summed E-state index contributed by atoms with van der Waals surface area (Å²) in [5.41, 5.74) is 5.61. The van der Waals surface area contributed by atoms with Crippen LogP contribution in [0.15, 0.2) is 84.0 Å². The fourth-order valence-corrected chi connectivity index (χ4v) is 3.74. The molecule has 5 rings (SSSR count). The third-order valence-electron chi connectivity index (χ3n) is 5.62. The zero-order valence-electron chi connectivity index (χ0n) is 19.6. The van der Waals surface area contributed by atoms with Gasteiger partial charge in [0.15, 0.2) is 0 Å². The van der Waals surface area contributed by atoms with Gasteiger partial charge in [-0.2, -0.15) is 20.1 Å². The highest BCUT2D eigenvalue weighted by Crippen LogP contribution is 2.21. The Morgan fingerprint density at radius 3 is 2.33 bits per heavy atom. The van der Waals surface area contributed by atoms with Crippen LogP contribution in [0, 0.1) is 5.82 Å². The zero-order valence-corrected chi connectivity index (χ0v) is 19.6. The molecule has 3 aromatic carbocycles. The number of hydrazone groups is 1. The highest BCUT2D eigenvalue weighted by atomic mass is 19.1. The highest BCUT2D eigenvalue weighted by molar-refractivity contribution is 5.80. The lowest BCUT2D eigenvalue weighted by Gasteiger charge is -2.16. The lowest BCUT2D eigenvalue weighted by Crippen LogP contribution is -2.21. The summed E-state index contributed by atoms with van der Waals surface area (Å²) in [4.78, 5) is 15.8. The topological polar surface area (TPSA) is 87.6 Å². The van der Waals surface area contributed by atoms with E-state index in [1.807, 2.05) is 54.6 Å². The molecule has 0 amide bonds. The minimum atomic E-state index is -0.260. The Morgan fingerprint density at radius 1 is 0.861 bits per heavy atom. The van der Waals surface area contributed by atoms with E-state index in [-0.39, 0.29) is 5.82 Å². The van der Waals surface area contributed by atoms with Crippen LogP contribution in [-0.4, -0.2) is 34.3 Å². The summed E-state index contributed by atoms with van der Waals surface area (Å²) in [5, 5.41) is 7.54. The van der Waals surface area contributed by atoms with E-state index in [1.165, 1.54) is 12.1 Å². The third-order valence-corrected chi connectivity index (χ3v) is 5.62. The van der Waals surface area contributed by atoms with Gasteiger partial charge in [0.1, 0.15) is 18.2 Å². The number of hydrogen-bond acceptors (Lipinski definition) is 8. The Hall–Kier alpha value is -4.53. The second-order valence-corrected chi connectivity index (χ2v) is 8.32.